The SMILES string of the molecule is COc1ccc(C(=O)N2c3ccc(OC)cc3[Si](C)(C)C2c2ccccc2)cc1. The Morgan fingerprint density at radius 3 is 2.10 bits per heavy atom. The van der Waals surface area contributed by atoms with Gasteiger partial charge in [0.05, 0.1) is 19.9 Å². The molecule has 0 N–H and O–H groups in total. The quantitative estimate of drug-likeness (QED) is 0.600. The lowest BCUT2D eigenvalue weighted by molar-refractivity contribution is 0.0984. The first-order chi connectivity index (χ1) is 14.0. The van der Waals surface area contributed by atoms with Crippen molar-refractivity contribution in [1.29, 1.82) is 0 Å². The lowest BCUT2D eigenvalue weighted by atomic mass is 10.1. The number of rotatable bonds is 4. The molecular weight excluding hydrogens is 378 g/mol. The van der Waals surface area contributed by atoms with E-state index in [4.69, 9.17) is 9.47 Å². The number of methoxy groups -OCH3 is 2. The van der Waals surface area contributed by atoms with Crippen LogP contribution in [-0.2, 0) is 0 Å². The van der Waals surface area contributed by atoms with Crippen molar-refractivity contribution in [3.8, 4) is 11.5 Å². The van der Waals surface area contributed by atoms with Crippen molar-refractivity contribution in [2.45, 2.75) is 18.8 Å². The maximum absolute atomic E-state index is 13.7. The largest absolute Gasteiger partial charge is 0.497 e. The summed E-state index contributed by atoms with van der Waals surface area (Å²) in [6.07, 6.45) is 0. The highest BCUT2D eigenvalue weighted by atomic mass is 28.3. The molecule has 0 saturated heterocycles. The molecular formula is C24H25NO3Si. The number of hydrogen-bond donors (Lipinski definition) is 0. The molecule has 1 heterocycles. The van der Waals surface area contributed by atoms with Crippen LogP contribution in [-0.4, -0.2) is 28.2 Å². The summed E-state index contributed by atoms with van der Waals surface area (Å²) in [5, 5.41) is 1.24. The molecule has 1 aliphatic rings. The summed E-state index contributed by atoms with van der Waals surface area (Å²) in [4.78, 5) is 15.7. The van der Waals surface area contributed by atoms with E-state index in [2.05, 4.69) is 31.3 Å². The topological polar surface area (TPSA) is 38.8 Å². The average Bonchev–Trinajstić information content (AvgIpc) is 3.00. The molecule has 1 aliphatic heterocycles. The molecule has 0 aromatic heterocycles. The molecule has 0 saturated carbocycles. The summed E-state index contributed by atoms with van der Waals surface area (Å²) in [6.45, 7) is 4.65. The van der Waals surface area contributed by atoms with Gasteiger partial charge >= 0.3 is 0 Å². The second-order valence-electron chi connectivity index (χ2n) is 7.82. The normalized spacial score (nSPS) is 17.0. The highest BCUT2D eigenvalue weighted by molar-refractivity contribution is 6.94. The van der Waals surface area contributed by atoms with Gasteiger partial charge in [0.2, 0.25) is 0 Å². The summed E-state index contributed by atoms with van der Waals surface area (Å²) in [5.41, 5.74) is 2.82. The van der Waals surface area contributed by atoms with Crippen LogP contribution < -0.4 is 19.6 Å². The molecule has 29 heavy (non-hydrogen) atoms. The minimum atomic E-state index is -2.05. The molecule has 0 fully saturated rings. The highest BCUT2D eigenvalue weighted by Crippen LogP contribution is 2.43. The van der Waals surface area contributed by atoms with Crippen LogP contribution in [0, 0.1) is 0 Å². The number of fused-ring (bicyclic) bond motifs is 1. The van der Waals surface area contributed by atoms with E-state index in [0.717, 1.165) is 17.2 Å². The Labute approximate surface area is 172 Å². The predicted octanol–water partition coefficient (Wildman–Crippen LogP) is 4.56. The zero-order chi connectivity index (χ0) is 20.6. The van der Waals surface area contributed by atoms with Crippen LogP contribution in [0.2, 0.25) is 13.1 Å². The number of benzene rings is 3. The van der Waals surface area contributed by atoms with Gasteiger partial charge in [-0.25, -0.2) is 0 Å². The average molecular weight is 404 g/mol. The summed E-state index contributed by atoms with van der Waals surface area (Å²) in [5.74, 6) is 1.57. The number of carbonyl (C=O) groups excluding carboxylic acids is 1. The number of amides is 1. The standard InChI is InChI=1S/C24H25NO3Si/c1-27-19-12-10-17(11-13-19)23(26)25-21-15-14-20(28-2)16-22(21)29(3,4)24(25)18-8-6-5-7-9-18/h5-16,24H,1-4H3. The molecule has 0 spiro atoms. The lowest BCUT2D eigenvalue weighted by Gasteiger charge is -2.32. The summed E-state index contributed by atoms with van der Waals surface area (Å²) in [6, 6.07) is 23.7. The summed E-state index contributed by atoms with van der Waals surface area (Å²) in [7, 11) is 1.25. The van der Waals surface area contributed by atoms with Gasteiger partial charge < -0.3 is 14.4 Å². The van der Waals surface area contributed by atoms with Crippen LogP contribution in [0.1, 0.15) is 21.6 Å². The van der Waals surface area contributed by atoms with Crippen molar-refractivity contribution >= 4 is 24.9 Å². The van der Waals surface area contributed by atoms with E-state index in [9.17, 15) is 4.79 Å². The second-order valence-corrected chi connectivity index (χ2v) is 12.4. The van der Waals surface area contributed by atoms with Crippen molar-refractivity contribution in [2.24, 2.45) is 0 Å². The Kier molecular flexibility index (Phi) is 4.92. The van der Waals surface area contributed by atoms with Crippen molar-refractivity contribution in [3.05, 3.63) is 83.9 Å². The fraction of sp³-hybridized carbons (Fsp3) is 0.208. The number of nitrogens with zero attached hydrogens (tertiary/aromatic N) is 1. The number of carbonyl (C=O) groups is 1. The number of anilines is 1. The third-order valence-corrected chi connectivity index (χ3v) is 9.52. The Balaban J connectivity index is 1.87. The lowest BCUT2D eigenvalue weighted by Crippen LogP contribution is -2.47. The first-order valence-electron chi connectivity index (χ1n) is 9.68. The van der Waals surface area contributed by atoms with E-state index in [1.165, 1.54) is 10.8 Å². The molecule has 4 rings (SSSR count). The molecule has 0 radical (unpaired) electrons. The maximum Gasteiger partial charge on any atom is 0.258 e. The third kappa shape index (κ3) is 3.21. The van der Waals surface area contributed by atoms with E-state index in [1.54, 1.807) is 14.2 Å². The van der Waals surface area contributed by atoms with E-state index >= 15 is 0 Å². The molecule has 1 amide bonds. The fourth-order valence-corrected chi connectivity index (χ4v) is 7.88. The van der Waals surface area contributed by atoms with Gasteiger partial charge in [0, 0.05) is 11.3 Å². The zero-order valence-electron chi connectivity index (χ0n) is 17.2. The molecule has 3 aromatic rings. The number of ether oxygens (including phenoxy) is 2. The first kappa shape index (κ1) is 19.3. The van der Waals surface area contributed by atoms with Gasteiger partial charge in [0.25, 0.3) is 5.91 Å². The predicted molar refractivity (Wildman–Crippen MR) is 119 cm³/mol. The molecule has 1 unspecified atom stereocenters. The third-order valence-electron chi connectivity index (χ3n) is 5.77. The second kappa shape index (κ2) is 7.41. The van der Waals surface area contributed by atoms with Gasteiger partial charge in [-0.3, -0.25) is 4.79 Å². The highest BCUT2D eigenvalue weighted by Gasteiger charge is 2.49. The Hall–Kier alpha value is -3.05. The smallest absolute Gasteiger partial charge is 0.258 e. The van der Waals surface area contributed by atoms with E-state index in [1.807, 2.05) is 59.5 Å². The molecule has 4 nitrogen and oxygen atoms in total. The van der Waals surface area contributed by atoms with Crippen LogP contribution in [0.5, 0.6) is 11.5 Å². The van der Waals surface area contributed by atoms with E-state index in [-0.39, 0.29) is 11.6 Å². The Morgan fingerprint density at radius 1 is 0.862 bits per heavy atom. The number of hydrogen-bond acceptors (Lipinski definition) is 3. The molecule has 1 atom stereocenters. The first-order valence-corrected chi connectivity index (χ1v) is 12.8. The Bertz CT molecular complexity index is 1030. The van der Waals surface area contributed by atoms with Gasteiger partial charge in [-0.15, -0.1) is 0 Å². The minimum Gasteiger partial charge on any atom is -0.497 e. The van der Waals surface area contributed by atoms with Crippen molar-refractivity contribution in [2.75, 3.05) is 19.1 Å². The van der Waals surface area contributed by atoms with Crippen LogP contribution in [0.3, 0.4) is 0 Å². The van der Waals surface area contributed by atoms with Crippen LogP contribution in [0.4, 0.5) is 5.69 Å². The molecule has 3 aromatic carbocycles. The van der Waals surface area contributed by atoms with Gasteiger partial charge in [0.1, 0.15) is 19.6 Å². The maximum atomic E-state index is 13.7. The van der Waals surface area contributed by atoms with Crippen molar-refractivity contribution in [3.63, 3.8) is 0 Å². The van der Waals surface area contributed by atoms with Gasteiger partial charge in [-0.1, -0.05) is 43.4 Å². The van der Waals surface area contributed by atoms with Gasteiger partial charge in [-0.05, 0) is 53.2 Å². The van der Waals surface area contributed by atoms with Crippen LogP contribution in [0.25, 0.3) is 0 Å². The molecule has 148 valence electrons. The van der Waals surface area contributed by atoms with Gasteiger partial charge in [-0.2, -0.15) is 0 Å². The van der Waals surface area contributed by atoms with E-state index < -0.39 is 8.07 Å². The summed E-state index contributed by atoms with van der Waals surface area (Å²) < 4.78 is 10.7. The van der Waals surface area contributed by atoms with Gasteiger partial charge in [0.15, 0.2) is 0 Å². The molecule has 5 heteroatoms. The van der Waals surface area contributed by atoms with Crippen molar-refractivity contribution < 1.29 is 14.3 Å². The van der Waals surface area contributed by atoms with E-state index in [0.29, 0.717) is 5.56 Å². The van der Waals surface area contributed by atoms with Crippen LogP contribution in [0.15, 0.2) is 72.8 Å². The minimum absolute atomic E-state index is 0.00555. The molecule has 0 aliphatic carbocycles. The van der Waals surface area contributed by atoms with Crippen molar-refractivity contribution in [1.82, 2.24) is 0 Å². The molecule has 0 bridgehead atoms. The Morgan fingerprint density at radius 2 is 1.48 bits per heavy atom. The fourth-order valence-electron chi connectivity index (χ4n) is 4.28. The monoisotopic (exact) mass is 403 g/mol. The van der Waals surface area contributed by atoms with Crippen LogP contribution >= 0.6 is 0 Å². The zero-order valence-corrected chi connectivity index (χ0v) is 18.2. The summed E-state index contributed by atoms with van der Waals surface area (Å²) >= 11 is 0.